The van der Waals surface area contributed by atoms with Gasteiger partial charge in [-0.2, -0.15) is 0 Å². The van der Waals surface area contributed by atoms with Crippen LogP contribution in [-0.4, -0.2) is 26.0 Å². The normalized spacial score (nSPS) is 11.5. The standard InChI is InChI=1S/C12H15Cl2NO4S/c13-9-5-4-6-10(12(9)14)20(18,19)15-8-3-1-2-7-11(16)17/h4-6,15H,1-3,7-8H2,(H,16,17). The van der Waals surface area contributed by atoms with Crippen LogP contribution in [0.4, 0.5) is 0 Å². The van der Waals surface area contributed by atoms with Crippen LogP contribution in [0.15, 0.2) is 23.1 Å². The highest BCUT2D eigenvalue weighted by atomic mass is 35.5. The summed E-state index contributed by atoms with van der Waals surface area (Å²) in [6.45, 7) is 0.227. The zero-order valence-corrected chi connectivity index (χ0v) is 12.9. The minimum atomic E-state index is -3.70. The number of carboxylic acid groups (broad SMARTS) is 1. The molecule has 0 aromatic heterocycles. The largest absolute Gasteiger partial charge is 0.481 e. The van der Waals surface area contributed by atoms with Gasteiger partial charge in [-0.15, -0.1) is 0 Å². The van der Waals surface area contributed by atoms with Crippen molar-refractivity contribution in [3.05, 3.63) is 28.2 Å². The molecule has 0 aliphatic heterocycles. The molecule has 112 valence electrons. The van der Waals surface area contributed by atoms with E-state index in [0.29, 0.717) is 19.3 Å². The van der Waals surface area contributed by atoms with Gasteiger partial charge in [0.05, 0.1) is 10.0 Å². The third-order valence-corrected chi connectivity index (χ3v) is 5.00. The molecule has 0 heterocycles. The van der Waals surface area contributed by atoms with E-state index in [-0.39, 0.29) is 27.9 Å². The molecule has 0 atom stereocenters. The van der Waals surface area contributed by atoms with Gasteiger partial charge in [0.15, 0.2) is 0 Å². The SMILES string of the molecule is O=C(O)CCCCCNS(=O)(=O)c1cccc(Cl)c1Cl. The lowest BCUT2D eigenvalue weighted by Gasteiger charge is -2.08. The summed E-state index contributed by atoms with van der Waals surface area (Å²) >= 11 is 11.6. The zero-order chi connectivity index (χ0) is 15.2. The maximum atomic E-state index is 12.0. The molecule has 2 N–H and O–H groups in total. The quantitative estimate of drug-likeness (QED) is 0.713. The molecule has 0 bridgehead atoms. The van der Waals surface area contributed by atoms with E-state index in [0.717, 1.165) is 0 Å². The van der Waals surface area contributed by atoms with Gasteiger partial charge in [0.2, 0.25) is 10.0 Å². The van der Waals surface area contributed by atoms with Crippen LogP contribution in [-0.2, 0) is 14.8 Å². The summed E-state index contributed by atoms with van der Waals surface area (Å²) in [5, 5.41) is 8.64. The van der Waals surface area contributed by atoms with E-state index >= 15 is 0 Å². The number of benzene rings is 1. The fourth-order valence-electron chi connectivity index (χ4n) is 1.55. The van der Waals surface area contributed by atoms with Crippen LogP contribution in [0.25, 0.3) is 0 Å². The Morgan fingerprint density at radius 1 is 1.20 bits per heavy atom. The Labute approximate surface area is 127 Å². The number of nitrogens with one attached hydrogen (secondary N) is 1. The van der Waals surface area contributed by atoms with Gasteiger partial charge in [0.1, 0.15) is 4.90 Å². The van der Waals surface area contributed by atoms with Crippen LogP contribution in [0.2, 0.25) is 10.0 Å². The molecule has 0 radical (unpaired) electrons. The summed E-state index contributed by atoms with van der Waals surface area (Å²) in [6.07, 6.45) is 1.81. The Kier molecular flexibility index (Phi) is 6.75. The number of carbonyl (C=O) groups is 1. The van der Waals surface area contributed by atoms with Crippen LogP contribution in [0, 0.1) is 0 Å². The fourth-order valence-corrected chi connectivity index (χ4v) is 3.39. The Bertz CT molecular complexity index is 575. The van der Waals surface area contributed by atoms with Gasteiger partial charge < -0.3 is 5.11 Å². The molecule has 8 heteroatoms. The van der Waals surface area contributed by atoms with E-state index in [1.165, 1.54) is 18.2 Å². The lowest BCUT2D eigenvalue weighted by atomic mass is 10.2. The van der Waals surface area contributed by atoms with Gasteiger partial charge >= 0.3 is 5.97 Å². The number of sulfonamides is 1. The maximum Gasteiger partial charge on any atom is 0.303 e. The third-order valence-electron chi connectivity index (χ3n) is 2.57. The number of halogens is 2. The molecule has 1 aromatic carbocycles. The molecule has 0 fully saturated rings. The average Bonchev–Trinajstić information content (AvgIpc) is 2.36. The van der Waals surface area contributed by atoms with Gasteiger partial charge in [0.25, 0.3) is 0 Å². The minimum absolute atomic E-state index is 0.00690. The Morgan fingerprint density at radius 2 is 1.90 bits per heavy atom. The van der Waals surface area contributed by atoms with Crippen LogP contribution >= 0.6 is 23.2 Å². The van der Waals surface area contributed by atoms with E-state index in [2.05, 4.69) is 4.72 Å². The number of hydrogen-bond donors (Lipinski definition) is 2. The van der Waals surface area contributed by atoms with Crippen molar-refractivity contribution in [2.75, 3.05) is 6.54 Å². The smallest absolute Gasteiger partial charge is 0.303 e. The van der Waals surface area contributed by atoms with Crippen molar-refractivity contribution >= 4 is 39.2 Å². The van der Waals surface area contributed by atoms with Crippen LogP contribution in [0.5, 0.6) is 0 Å². The molecule has 0 saturated carbocycles. The van der Waals surface area contributed by atoms with Gasteiger partial charge in [-0.3, -0.25) is 4.79 Å². The summed E-state index contributed by atoms with van der Waals surface area (Å²) in [7, 11) is -3.70. The molecule has 0 unspecified atom stereocenters. The second-order valence-electron chi connectivity index (χ2n) is 4.15. The number of rotatable bonds is 8. The number of carboxylic acids is 1. The maximum absolute atomic E-state index is 12.0. The molecule has 0 amide bonds. The fraction of sp³-hybridized carbons (Fsp3) is 0.417. The van der Waals surface area contributed by atoms with Crippen LogP contribution in [0.1, 0.15) is 25.7 Å². The topological polar surface area (TPSA) is 83.5 Å². The molecule has 1 rings (SSSR count). The summed E-state index contributed by atoms with van der Waals surface area (Å²) in [5.41, 5.74) is 0. The summed E-state index contributed by atoms with van der Waals surface area (Å²) in [4.78, 5) is 10.2. The Morgan fingerprint density at radius 3 is 2.55 bits per heavy atom. The minimum Gasteiger partial charge on any atom is -0.481 e. The van der Waals surface area contributed by atoms with Crippen molar-refractivity contribution in [3.8, 4) is 0 Å². The van der Waals surface area contributed by atoms with Crippen molar-refractivity contribution in [2.24, 2.45) is 0 Å². The Balaban J connectivity index is 2.50. The van der Waals surface area contributed by atoms with Crippen molar-refractivity contribution in [1.82, 2.24) is 4.72 Å². The highest BCUT2D eigenvalue weighted by molar-refractivity contribution is 7.89. The van der Waals surface area contributed by atoms with E-state index < -0.39 is 16.0 Å². The monoisotopic (exact) mass is 339 g/mol. The first-order chi connectivity index (χ1) is 9.34. The summed E-state index contributed by atoms with van der Waals surface area (Å²) in [6, 6.07) is 4.39. The van der Waals surface area contributed by atoms with E-state index in [1.807, 2.05) is 0 Å². The lowest BCUT2D eigenvalue weighted by Crippen LogP contribution is -2.25. The van der Waals surface area contributed by atoms with Crippen LogP contribution < -0.4 is 4.72 Å². The first kappa shape index (κ1) is 17.2. The molecule has 0 saturated heterocycles. The van der Waals surface area contributed by atoms with E-state index in [9.17, 15) is 13.2 Å². The third kappa shape index (κ3) is 5.28. The molecule has 1 aromatic rings. The van der Waals surface area contributed by atoms with E-state index in [1.54, 1.807) is 0 Å². The van der Waals surface area contributed by atoms with Crippen LogP contribution in [0.3, 0.4) is 0 Å². The second-order valence-corrected chi connectivity index (χ2v) is 6.67. The predicted molar refractivity (Wildman–Crippen MR) is 77.8 cm³/mol. The van der Waals surface area contributed by atoms with Gasteiger partial charge in [0, 0.05) is 13.0 Å². The summed E-state index contributed by atoms with van der Waals surface area (Å²) < 4.78 is 26.4. The zero-order valence-electron chi connectivity index (χ0n) is 10.6. The number of aliphatic carboxylic acids is 1. The first-order valence-electron chi connectivity index (χ1n) is 6.00. The first-order valence-corrected chi connectivity index (χ1v) is 8.24. The lowest BCUT2D eigenvalue weighted by molar-refractivity contribution is -0.137. The number of hydrogen-bond acceptors (Lipinski definition) is 3. The molecule has 20 heavy (non-hydrogen) atoms. The Hall–Kier alpha value is -0.820. The van der Waals surface area contributed by atoms with Crippen molar-refractivity contribution in [1.29, 1.82) is 0 Å². The highest BCUT2D eigenvalue weighted by Gasteiger charge is 2.18. The molecular formula is C12H15Cl2NO4S. The van der Waals surface area contributed by atoms with Gasteiger partial charge in [-0.1, -0.05) is 35.7 Å². The van der Waals surface area contributed by atoms with Crippen molar-refractivity contribution in [2.45, 2.75) is 30.6 Å². The molecule has 0 spiro atoms. The average molecular weight is 340 g/mol. The van der Waals surface area contributed by atoms with Crippen molar-refractivity contribution < 1.29 is 18.3 Å². The molecule has 5 nitrogen and oxygen atoms in total. The van der Waals surface area contributed by atoms with Gasteiger partial charge in [-0.05, 0) is 25.0 Å². The van der Waals surface area contributed by atoms with Gasteiger partial charge in [-0.25, -0.2) is 13.1 Å². The molecule has 0 aliphatic carbocycles. The summed E-state index contributed by atoms with van der Waals surface area (Å²) in [5.74, 6) is -0.851. The van der Waals surface area contributed by atoms with Crippen molar-refractivity contribution in [3.63, 3.8) is 0 Å². The molecule has 0 aliphatic rings. The highest BCUT2D eigenvalue weighted by Crippen LogP contribution is 2.28. The molecular weight excluding hydrogens is 325 g/mol. The van der Waals surface area contributed by atoms with E-state index in [4.69, 9.17) is 28.3 Å². The number of unbranched alkanes of at least 4 members (excludes halogenated alkanes) is 2. The second kappa shape index (κ2) is 7.83. The predicted octanol–water partition coefficient (Wildman–Crippen LogP) is 2.92.